The SMILES string of the molecule is CONc1ncnc2c1ncn2[C@@H]1O[C@H](C(C)(O)c2ccc(Cl)c(Cl)c2)[C@@H](O)[C@H]1O. The molecule has 1 saturated heterocycles. The number of fused-ring (bicyclic) bond motifs is 1. The number of benzene rings is 1. The molecule has 5 atom stereocenters. The highest BCUT2D eigenvalue weighted by atomic mass is 35.5. The van der Waals surface area contributed by atoms with E-state index < -0.39 is 30.1 Å². The molecular formula is C18H19Cl2N5O5. The summed E-state index contributed by atoms with van der Waals surface area (Å²) in [4.78, 5) is 17.3. The molecule has 30 heavy (non-hydrogen) atoms. The molecule has 1 aromatic carbocycles. The van der Waals surface area contributed by atoms with Gasteiger partial charge in [0.1, 0.15) is 30.2 Å². The molecule has 3 aromatic rings. The standard InChI is InChI=1S/C18H19Cl2N5O5/c1-18(28,8-3-4-9(19)10(20)5-8)14-12(26)13(27)17(30-14)25-7-23-11-15(24-29-2)21-6-22-16(11)25/h3-7,12-14,17,26-28H,1-2H3,(H,21,22,24)/t12-,13+,14-,17+,18?/m0/s1. The maximum atomic E-state index is 11.2. The van der Waals surface area contributed by atoms with Crippen LogP contribution >= 0.6 is 23.2 Å². The van der Waals surface area contributed by atoms with Gasteiger partial charge in [-0.25, -0.2) is 20.4 Å². The second kappa shape index (κ2) is 7.89. The van der Waals surface area contributed by atoms with E-state index in [0.29, 0.717) is 27.6 Å². The molecule has 4 N–H and O–H groups in total. The van der Waals surface area contributed by atoms with E-state index in [9.17, 15) is 15.3 Å². The van der Waals surface area contributed by atoms with Crippen LogP contribution in [0.3, 0.4) is 0 Å². The minimum Gasteiger partial charge on any atom is -0.387 e. The Morgan fingerprint density at radius 2 is 1.93 bits per heavy atom. The van der Waals surface area contributed by atoms with Crippen LogP contribution in [0.2, 0.25) is 10.0 Å². The Morgan fingerprint density at radius 3 is 2.63 bits per heavy atom. The zero-order valence-corrected chi connectivity index (χ0v) is 17.4. The summed E-state index contributed by atoms with van der Waals surface area (Å²) in [6.07, 6.45) is -2.31. The van der Waals surface area contributed by atoms with Gasteiger partial charge in [0.05, 0.1) is 23.5 Å². The monoisotopic (exact) mass is 455 g/mol. The van der Waals surface area contributed by atoms with Gasteiger partial charge in [0, 0.05) is 0 Å². The van der Waals surface area contributed by atoms with Crippen LogP contribution in [0.4, 0.5) is 5.82 Å². The third-order valence-corrected chi connectivity index (χ3v) is 5.87. The van der Waals surface area contributed by atoms with Crippen molar-refractivity contribution in [1.29, 1.82) is 0 Å². The molecule has 0 aliphatic carbocycles. The number of imidazole rings is 1. The number of rotatable bonds is 5. The van der Waals surface area contributed by atoms with Crippen LogP contribution in [0.15, 0.2) is 30.9 Å². The van der Waals surface area contributed by atoms with Gasteiger partial charge in [0.2, 0.25) is 0 Å². The molecule has 0 spiro atoms. The summed E-state index contributed by atoms with van der Waals surface area (Å²) >= 11 is 12.0. The highest BCUT2D eigenvalue weighted by molar-refractivity contribution is 6.42. The summed E-state index contributed by atoms with van der Waals surface area (Å²) in [5, 5.41) is 33.1. The molecular weight excluding hydrogens is 437 g/mol. The molecule has 0 saturated carbocycles. The Morgan fingerprint density at radius 1 is 1.17 bits per heavy atom. The van der Waals surface area contributed by atoms with E-state index in [1.165, 1.54) is 43.4 Å². The van der Waals surface area contributed by atoms with Gasteiger partial charge in [0.25, 0.3) is 0 Å². The molecule has 1 fully saturated rings. The number of hydrogen-bond acceptors (Lipinski definition) is 9. The van der Waals surface area contributed by atoms with Crippen LogP contribution in [0.1, 0.15) is 18.7 Å². The zero-order chi connectivity index (χ0) is 21.6. The number of aliphatic hydroxyl groups is 3. The fourth-order valence-electron chi connectivity index (χ4n) is 3.54. The van der Waals surface area contributed by atoms with Gasteiger partial charge >= 0.3 is 0 Å². The molecule has 12 heteroatoms. The number of nitrogens with one attached hydrogen (secondary N) is 1. The first-order valence-corrected chi connectivity index (χ1v) is 9.67. The lowest BCUT2D eigenvalue weighted by Crippen LogP contribution is -2.45. The van der Waals surface area contributed by atoms with Crippen molar-refractivity contribution in [2.24, 2.45) is 0 Å². The first-order chi connectivity index (χ1) is 14.3. The largest absolute Gasteiger partial charge is 0.387 e. The summed E-state index contributed by atoms with van der Waals surface area (Å²) in [7, 11) is 1.43. The van der Waals surface area contributed by atoms with E-state index in [0.717, 1.165) is 0 Å². The van der Waals surface area contributed by atoms with Gasteiger partial charge in [-0.1, -0.05) is 29.3 Å². The second-order valence-corrected chi connectivity index (χ2v) is 7.87. The topological polar surface area (TPSA) is 135 Å². The highest BCUT2D eigenvalue weighted by Crippen LogP contribution is 2.41. The van der Waals surface area contributed by atoms with Crippen molar-refractivity contribution in [3.63, 3.8) is 0 Å². The summed E-state index contributed by atoms with van der Waals surface area (Å²) in [5.74, 6) is 0.327. The van der Waals surface area contributed by atoms with E-state index in [1.54, 1.807) is 6.07 Å². The van der Waals surface area contributed by atoms with E-state index in [-0.39, 0.29) is 5.02 Å². The van der Waals surface area contributed by atoms with Gasteiger partial charge in [-0.3, -0.25) is 9.40 Å². The van der Waals surface area contributed by atoms with Crippen LogP contribution in [-0.2, 0) is 15.2 Å². The van der Waals surface area contributed by atoms with Crippen molar-refractivity contribution in [2.75, 3.05) is 12.6 Å². The Kier molecular flexibility index (Phi) is 5.58. The molecule has 1 aliphatic heterocycles. The van der Waals surface area contributed by atoms with Crippen molar-refractivity contribution in [3.05, 3.63) is 46.5 Å². The number of halogens is 2. The lowest BCUT2D eigenvalue weighted by Gasteiger charge is -2.32. The minimum absolute atomic E-state index is 0.245. The van der Waals surface area contributed by atoms with Crippen molar-refractivity contribution < 1.29 is 24.9 Å². The molecule has 1 aliphatic rings. The Bertz CT molecular complexity index is 1080. The quantitative estimate of drug-likeness (QED) is 0.423. The summed E-state index contributed by atoms with van der Waals surface area (Å²) in [6.45, 7) is 1.46. The molecule has 160 valence electrons. The van der Waals surface area contributed by atoms with Crippen LogP contribution in [0.5, 0.6) is 0 Å². The maximum absolute atomic E-state index is 11.2. The zero-order valence-electron chi connectivity index (χ0n) is 15.9. The molecule has 2 aromatic heterocycles. The predicted octanol–water partition coefficient (Wildman–Crippen LogP) is 1.63. The van der Waals surface area contributed by atoms with Gasteiger partial charge in [-0.15, -0.1) is 0 Å². The fourth-order valence-corrected chi connectivity index (χ4v) is 3.84. The van der Waals surface area contributed by atoms with Crippen molar-refractivity contribution in [3.8, 4) is 0 Å². The third-order valence-electron chi connectivity index (χ3n) is 5.13. The molecule has 0 radical (unpaired) electrons. The van der Waals surface area contributed by atoms with Crippen LogP contribution in [0.25, 0.3) is 11.2 Å². The van der Waals surface area contributed by atoms with E-state index >= 15 is 0 Å². The maximum Gasteiger partial charge on any atom is 0.181 e. The van der Waals surface area contributed by atoms with Crippen LogP contribution in [0, 0.1) is 0 Å². The van der Waals surface area contributed by atoms with Gasteiger partial charge in [-0.05, 0) is 24.6 Å². The summed E-state index contributed by atoms with van der Waals surface area (Å²) < 4.78 is 7.37. The number of ether oxygens (including phenoxy) is 1. The first kappa shape index (κ1) is 21.2. The second-order valence-electron chi connectivity index (χ2n) is 7.06. The fraction of sp³-hybridized carbons (Fsp3) is 0.389. The molecule has 10 nitrogen and oxygen atoms in total. The van der Waals surface area contributed by atoms with Gasteiger partial charge < -0.3 is 20.1 Å². The summed E-state index contributed by atoms with van der Waals surface area (Å²) in [5.41, 5.74) is 2.01. The highest BCUT2D eigenvalue weighted by Gasteiger charge is 2.52. The average Bonchev–Trinajstić information content (AvgIpc) is 3.27. The van der Waals surface area contributed by atoms with Crippen molar-refractivity contribution in [1.82, 2.24) is 19.5 Å². The van der Waals surface area contributed by atoms with Crippen molar-refractivity contribution in [2.45, 2.75) is 37.1 Å². The number of hydrogen-bond donors (Lipinski definition) is 4. The smallest absolute Gasteiger partial charge is 0.181 e. The van der Waals surface area contributed by atoms with E-state index in [4.69, 9.17) is 32.8 Å². The summed E-state index contributed by atoms with van der Waals surface area (Å²) in [6, 6.07) is 4.60. The normalized spacial score (nSPS) is 26.1. The lowest BCUT2D eigenvalue weighted by molar-refractivity contribution is -0.135. The Balaban J connectivity index is 1.69. The van der Waals surface area contributed by atoms with E-state index in [1.807, 2.05) is 0 Å². The number of aliphatic hydroxyl groups excluding tert-OH is 2. The molecule has 3 heterocycles. The average molecular weight is 456 g/mol. The lowest BCUT2D eigenvalue weighted by atomic mass is 9.87. The number of aromatic nitrogens is 4. The molecule has 1 unspecified atom stereocenters. The van der Waals surface area contributed by atoms with Crippen molar-refractivity contribution >= 4 is 40.2 Å². The van der Waals surface area contributed by atoms with Gasteiger partial charge in [0.15, 0.2) is 23.2 Å². The number of nitrogens with zero attached hydrogens (tertiary/aromatic N) is 4. The van der Waals surface area contributed by atoms with Gasteiger partial charge in [-0.2, -0.15) is 0 Å². The van der Waals surface area contributed by atoms with E-state index in [2.05, 4.69) is 20.4 Å². The van der Waals surface area contributed by atoms with Crippen LogP contribution < -0.4 is 5.48 Å². The Hall–Kier alpha value is -2.05. The third kappa shape index (κ3) is 3.40. The van der Waals surface area contributed by atoms with Crippen LogP contribution in [-0.4, -0.2) is 60.3 Å². The molecule has 0 amide bonds. The molecule has 4 rings (SSSR count). The molecule has 0 bridgehead atoms. The minimum atomic E-state index is -1.68. The number of anilines is 1. The Labute approximate surface area is 181 Å². The predicted molar refractivity (Wildman–Crippen MR) is 108 cm³/mol. The first-order valence-electron chi connectivity index (χ1n) is 8.91.